The number of unbranched alkanes of at least 4 members (excludes halogenated alkanes) is 3. The van der Waals surface area contributed by atoms with Crippen molar-refractivity contribution in [2.75, 3.05) is 20.3 Å². The van der Waals surface area contributed by atoms with Gasteiger partial charge in [-0.2, -0.15) is 0 Å². The summed E-state index contributed by atoms with van der Waals surface area (Å²) in [7, 11) is 1.70. The van der Waals surface area contributed by atoms with Crippen LogP contribution in [0.25, 0.3) is 0 Å². The summed E-state index contributed by atoms with van der Waals surface area (Å²) in [5.74, 6) is 2.34. The summed E-state index contributed by atoms with van der Waals surface area (Å²) in [5, 5.41) is 3.44. The van der Waals surface area contributed by atoms with Gasteiger partial charge in [0.1, 0.15) is 0 Å². The maximum Gasteiger partial charge on any atom is 0.161 e. The fourth-order valence-electron chi connectivity index (χ4n) is 2.16. The van der Waals surface area contributed by atoms with Gasteiger partial charge in [0.05, 0.1) is 13.7 Å². The maximum atomic E-state index is 5.83. The molecule has 21 heavy (non-hydrogen) atoms. The molecule has 1 N–H and O–H groups in total. The standard InChI is InChI=1S/C18H31NO2/c1-5-6-7-8-11-21-17-10-9-16(12-18(17)20-4)14-19-13-15(2)3/h9-10,12,15,19H,5-8,11,13-14H2,1-4H3. The molecule has 0 unspecified atom stereocenters. The number of benzene rings is 1. The largest absolute Gasteiger partial charge is 0.493 e. The van der Waals surface area contributed by atoms with E-state index in [0.717, 1.165) is 37.6 Å². The lowest BCUT2D eigenvalue weighted by molar-refractivity contribution is 0.285. The lowest BCUT2D eigenvalue weighted by Gasteiger charge is -2.13. The molecule has 0 aliphatic carbocycles. The second-order valence-electron chi connectivity index (χ2n) is 5.92. The normalized spacial score (nSPS) is 10.9. The van der Waals surface area contributed by atoms with Gasteiger partial charge in [0.25, 0.3) is 0 Å². The van der Waals surface area contributed by atoms with E-state index in [-0.39, 0.29) is 0 Å². The van der Waals surface area contributed by atoms with Crippen molar-refractivity contribution in [3.05, 3.63) is 23.8 Å². The molecule has 3 heteroatoms. The van der Waals surface area contributed by atoms with Crippen molar-refractivity contribution < 1.29 is 9.47 Å². The quantitative estimate of drug-likeness (QED) is 0.613. The zero-order valence-electron chi connectivity index (χ0n) is 14.1. The highest BCUT2D eigenvalue weighted by Crippen LogP contribution is 2.28. The molecule has 0 heterocycles. The minimum absolute atomic E-state index is 0.664. The SMILES string of the molecule is CCCCCCOc1ccc(CNCC(C)C)cc1OC. The monoisotopic (exact) mass is 293 g/mol. The zero-order valence-corrected chi connectivity index (χ0v) is 14.1. The summed E-state index contributed by atoms with van der Waals surface area (Å²) in [6.07, 6.45) is 4.87. The predicted molar refractivity (Wildman–Crippen MR) is 89.2 cm³/mol. The first-order chi connectivity index (χ1) is 10.2. The van der Waals surface area contributed by atoms with Crippen LogP contribution in [0.3, 0.4) is 0 Å². The minimum atomic E-state index is 0.664. The molecule has 1 rings (SSSR count). The summed E-state index contributed by atoms with van der Waals surface area (Å²) in [4.78, 5) is 0. The van der Waals surface area contributed by atoms with Gasteiger partial charge in [0, 0.05) is 6.54 Å². The van der Waals surface area contributed by atoms with E-state index in [1.54, 1.807) is 7.11 Å². The lowest BCUT2D eigenvalue weighted by Crippen LogP contribution is -2.18. The first kappa shape index (κ1) is 17.8. The second kappa shape index (κ2) is 10.5. The number of hydrogen-bond acceptors (Lipinski definition) is 3. The summed E-state index contributed by atoms with van der Waals surface area (Å²) in [5.41, 5.74) is 1.23. The lowest BCUT2D eigenvalue weighted by atomic mass is 10.1. The van der Waals surface area contributed by atoms with Gasteiger partial charge in [-0.15, -0.1) is 0 Å². The molecule has 3 nitrogen and oxygen atoms in total. The summed E-state index contributed by atoms with van der Waals surface area (Å²) >= 11 is 0. The first-order valence-corrected chi connectivity index (χ1v) is 8.17. The average Bonchev–Trinajstić information content (AvgIpc) is 2.47. The van der Waals surface area contributed by atoms with Crippen molar-refractivity contribution in [1.82, 2.24) is 5.32 Å². The third kappa shape index (κ3) is 7.37. The van der Waals surface area contributed by atoms with Crippen LogP contribution in [-0.2, 0) is 6.54 Å². The Bertz CT molecular complexity index is 391. The summed E-state index contributed by atoms with van der Waals surface area (Å²) in [6.45, 7) is 9.30. The van der Waals surface area contributed by atoms with Gasteiger partial charge < -0.3 is 14.8 Å². The van der Waals surface area contributed by atoms with Crippen molar-refractivity contribution in [2.45, 2.75) is 53.0 Å². The van der Waals surface area contributed by atoms with Gasteiger partial charge in [-0.25, -0.2) is 0 Å². The molecular formula is C18H31NO2. The highest BCUT2D eigenvalue weighted by atomic mass is 16.5. The number of nitrogens with one attached hydrogen (secondary N) is 1. The first-order valence-electron chi connectivity index (χ1n) is 8.17. The molecule has 0 aliphatic rings. The van der Waals surface area contributed by atoms with Crippen molar-refractivity contribution in [1.29, 1.82) is 0 Å². The van der Waals surface area contributed by atoms with Crippen molar-refractivity contribution >= 4 is 0 Å². The third-order valence-corrected chi connectivity index (χ3v) is 3.37. The van der Waals surface area contributed by atoms with Gasteiger partial charge in [-0.05, 0) is 36.6 Å². The number of rotatable bonds is 11. The fourth-order valence-corrected chi connectivity index (χ4v) is 2.16. The minimum Gasteiger partial charge on any atom is -0.493 e. The van der Waals surface area contributed by atoms with E-state index in [9.17, 15) is 0 Å². The van der Waals surface area contributed by atoms with E-state index in [0.29, 0.717) is 5.92 Å². The number of methoxy groups -OCH3 is 1. The predicted octanol–water partition coefficient (Wildman–Crippen LogP) is 4.40. The van der Waals surface area contributed by atoms with E-state index in [4.69, 9.17) is 9.47 Å². The van der Waals surface area contributed by atoms with Gasteiger partial charge in [-0.3, -0.25) is 0 Å². The smallest absolute Gasteiger partial charge is 0.161 e. The molecule has 0 saturated heterocycles. The Balaban J connectivity index is 2.46. The molecule has 0 bridgehead atoms. The van der Waals surface area contributed by atoms with E-state index < -0.39 is 0 Å². The van der Waals surface area contributed by atoms with Crippen LogP contribution in [0.4, 0.5) is 0 Å². The fraction of sp³-hybridized carbons (Fsp3) is 0.667. The van der Waals surface area contributed by atoms with Gasteiger partial charge in [-0.1, -0.05) is 46.1 Å². The van der Waals surface area contributed by atoms with Crippen LogP contribution in [0.2, 0.25) is 0 Å². The van der Waals surface area contributed by atoms with Crippen LogP contribution < -0.4 is 14.8 Å². The summed E-state index contributed by atoms with van der Waals surface area (Å²) in [6, 6.07) is 6.19. The third-order valence-electron chi connectivity index (χ3n) is 3.37. The summed E-state index contributed by atoms with van der Waals surface area (Å²) < 4.78 is 11.3. The van der Waals surface area contributed by atoms with E-state index in [1.807, 2.05) is 6.07 Å². The molecule has 0 fully saturated rings. The van der Waals surface area contributed by atoms with Crippen LogP contribution in [0.15, 0.2) is 18.2 Å². The molecule has 0 radical (unpaired) electrons. The van der Waals surface area contributed by atoms with Crippen molar-refractivity contribution in [3.63, 3.8) is 0 Å². The molecule has 1 aromatic rings. The Hall–Kier alpha value is -1.22. The van der Waals surface area contributed by atoms with Gasteiger partial charge in [0.15, 0.2) is 11.5 Å². The number of hydrogen-bond donors (Lipinski definition) is 1. The molecule has 120 valence electrons. The molecule has 1 aromatic carbocycles. The van der Waals surface area contributed by atoms with Crippen LogP contribution in [0.5, 0.6) is 11.5 Å². The molecule has 0 saturated carbocycles. The Morgan fingerprint density at radius 1 is 1.10 bits per heavy atom. The van der Waals surface area contributed by atoms with E-state index in [2.05, 4.69) is 38.2 Å². The maximum absolute atomic E-state index is 5.83. The Labute approximate surface area is 130 Å². The van der Waals surface area contributed by atoms with Crippen LogP contribution in [0.1, 0.15) is 52.0 Å². The number of ether oxygens (including phenoxy) is 2. The van der Waals surface area contributed by atoms with E-state index in [1.165, 1.54) is 24.8 Å². The Morgan fingerprint density at radius 2 is 1.90 bits per heavy atom. The van der Waals surface area contributed by atoms with Crippen LogP contribution >= 0.6 is 0 Å². The van der Waals surface area contributed by atoms with Crippen molar-refractivity contribution in [3.8, 4) is 11.5 Å². The van der Waals surface area contributed by atoms with Gasteiger partial charge >= 0.3 is 0 Å². The Morgan fingerprint density at radius 3 is 2.57 bits per heavy atom. The Kier molecular flexibility index (Phi) is 8.91. The topological polar surface area (TPSA) is 30.5 Å². The molecular weight excluding hydrogens is 262 g/mol. The highest BCUT2D eigenvalue weighted by molar-refractivity contribution is 5.42. The molecule has 0 atom stereocenters. The molecule has 0 aromatic heterocycles. The van der Waals surface area contributed by atoms with Crippen molar-refractivity contribution in [2.24, 2.45) is 5.92 Å². The van der Waals surface area contributed by atoms with Crippen LogP contribution in [0, 0.1) is 5.92 Å². The second-order valence-corrected chi connectivity index (χ2v) is 5.92. The molecule has 0 amide bonds. The van der Waals surface area contributed by atoms with Gasteiger partial charge in [0.2, 0.25) is 0 Å². The molecule has 0 spiro atoms. The zero-order chi connectivity index (χ0) is 15.5. The highest BCUT2D eigenvalue weighted by Gasteiger charge is 2.06. The average molecular weight is 293 g/mol. The molecule has 0 aliphatic heterocycles. The van der Waals surface area contributed by atoms with E-state index >= 15 is 0 Å². The van der Waals surface area contributed by atoms with Crippen LogP contribution in [-0.4, -0.2) is 20.3 Å².